The Bertz CT molecular complexity index is 483. The molecule has 1 atom stereocenters. The number of nitrogens with two attached hydrogens (primary N) is 1. The van der Waals surface area contributed by atoms with Gasteiger partial charge in [-0.25, -0.2) is 4.98 Å². The van der Waals surface area contributed by atoms with Gasteiger partial charge < -0.3 is 10.6 Å². The maximum atomic E-state index is 5.84. The lowest BCUT2D eigenvalue weighted by molar-refractivity contribution is 0.750. The summed E-state index contributed by atoms with van der Waals surface area (Å²) < 4.78 is 3.83. The summed E-state index contributed by atoms with van der Waals surface area (Å²) in [7, 11) is 0. The molecule has 15 heavy (non-hydrogen) atoms. The summed E-state index contributed by atoms with van der Waals surface area (Å²) in [6.07, 6.45) is 2.72. The van der Waals surface area contributed by atoms with Gasteiger partial charge in [-0.15, -0.1) is 5.10 Å². The van der Waals surface area contributed by atoms with Crippen molar-refractivity contribution in [3.05, 3.63) is 6.20 Å². The second kappa shape index (κ2) is 3.35. The quantitative estimate of drug-likeness (QED) is 0.732. The van der Waals surface area contributed by atoms with Gasteiger partial charge in [-0.05, 0) is 6.42 Å². The molecule has 3 rings (SSSR count). The van der Waals surface area contributed by atoms with E-state index in [2.05, 4.69) is 24.5 Å². The zero-order valence-electron chi connectivity index (χ0n) is 8.00. The van der Waals surface area contributed by atoms with Crippen LogP contribution in [0.4, 0.5) is 5.95 Å². The van der Waals surface area contributed by atoms with Crippen molar-refractivity contribution in [1.29, 1.82) is 0 Å². The van der Waals surface area contributed by atoms with Crippen LogP contribution in [-0.4, -0.2) is 38.7 Å². The Hall–Kier alpha value is -1.34. The largest absolute Gasteiger partial charge is 0.339 e. The molecule has 0 amide bonds. The number of anilines is 1. The van der Waals surface area contributed by atoms with E-state index in [9.17, 15) is 0 Å². The van der Waals surface area contributed by atoms with Crippen molar-refractivity contribution in [2.24, 2.45) is 5.73 Å². The summed E-state index contributed by atoms with van der Waals surface area (Å²) in [5.74, 6) is 0.738. The van der Waals surface area contributed by atoms with Gasteiger partial charge >= 0.3 is 0 Å². The van der Waals surface area contributed by atoms with E-state index in [4.69, 9.17) is 5.73 Å². The first-order valence-electron chi connectivity index (χ1n) is 4.78. The maximum absolute atomic E-state index is 5.84. The molecule has 7 heteroatoms. The zero-order chi connectivity index (χ0) is 10.3. The van der Waals surface area contributed by atoms with Gasteiger partial charge in [0, 0.05) is 30.7 Å². The number of nitrogens with zero attached hydrogens (tertiary/aromatic N) is 5. The summed E-state index contributed by atoms with van der Waals surface area (Å²) in [4.78, 5) is 11.6. The second-order valence-electron chi connectivity index (χ2n) is 3.63. The molecule has 1 saturated heterocycles. The average molecular weight is 222 g/mol. The minimum absolute atomic E-state index is 0.240. The molecular weight excluding hydrogens is 212 g/mol. The van der Waals surface area contributed by atoms with E-state index in [0.29, 0.717) is 0 Å². The van der Waals surface area contributed by atoms with E-state index in [1.54, 1.807) is 6.20 Å². The van der Waals surface area contributed by atoms with E-state index in [1.807, 2.05) is 0 Å². The van der Waals surface area contributed by atoms with Crippen molar-refractivity contribution >= 4 is 27.8 Å². The third-order valence-electron chi connectivity index (χ3n) is 2.51. The Morgan fingerprint density at radius 3 is 3.27 bits per heavy atom. The highest BCUT2D eigenvalue weighted by molar-refractivity contribution is 7.12. The second-order valence-corrected chi connectivity index (χ2v) is 4.36. The van der Waals surface area contributed by atoms with Gasteiger partial charge in [0.2, 0.25) is 5.95 Å². The van der Waals surface area contributed by atoms with Crippen LogP contribution in [0.3, 0.4) is 0 Å². The number of rotatable bonds is 1. The molecule has 0 aromatic carbocycles. The SMILES string of the molecule is NC1CCN(c2ncc3nnsc3n2)C1. The van der Waals surface area contributed by atoms with Crippen LogP contribution in [0.5, 0.6) is 0 Å². The summed E-state index contributed by atoms with van der Waals surface area (Å²) >= 11 is 1.29. The van der Waals surface area contributed by atoms with E-state index < -0.39 is 0 Å². The van der Waals surface area contributed by atoms with E-state index in [1.165, 1.54) is 11.5 Å². The molecule has 2 aromatic heterocycles. The van der Waals surface area contributed by atoms with Crippen LogP contribution in [0.15, 0.2) is 6.20 Å². The van der Waals surface area contributed by atoms with Crippen LogP contribution in [0.1, 0.15) is 6.42 Å². The predicted molar refractivity (Wildman–Crippen MR) is 57.8 cm³/mol. The molecule has 1 aliphatic heterocycles. The third-order valence-corrected chi connectivity index (χ3v) is 3.14. The molecule has 0 spiro atoms. The van der Waals surface area contributed by atoms with Crippen molar-refractivity contribution in [1.82, 2.24) is 19.6 Å². The normalized spacial score (nSPS) is 21.4. The Kier molecular flexibility index (Phi) is 2.00. The van der Waals surface area contributed by atoms with Gasteiger partial charge in [0.05, 0.1) is 6.20 Å². The minimum atomic E-state index is 0.240. The van der Waals surface area contributed by atoms with Crippen molar-refractivity contribution in [2.45, 2.75) is 12.5 Å². The highest BCUT2D eigenvalue weighted by atomic mass is 32.1. The molecule has 2 aromatic rings. The van der Waals surface area contributed by atoms with Crippen molar-refractivity contribution < 1.29 is 0 Å². The molecule has 1 fully saturated rings. The first-order valence-corrected chi connectivity index (χ1v) is 5.56. The molecule has 2 N–H and O–H groups in total. The number of hydrogen-bond acceptors (Lipinski definition) is 7. The lowest BCUT2D eigenvalue weighted by atomic mass is 10.3. The van der Waals surface area contributed by atoms with Crippen LogP contribution in [0, 0.1) is 0 Å². The molecule has 0 radical (unpaired) electrons. The van der Waals surface area contributed by atoms with Crippen LogP contribution in [0.25, 0.3) is 10.3 Å². The number of fused-ring (bicyclic) bond motifs is 1. The van der Waals surface area contributed by atoms with Crippen LogP contribution in [0.2, 0.25) is 0 Å². The lowest BCUT2D eigenvalue weighted by Crippen LogP contribution is -2.27. The summed E-state index contributed by atoms with van der Waals surface area (Å²) in [6, 6.07) is 0.240. The fraction of sp³-hybridized carbons (Fsp3) is 0.500. The number of hydrogen-bond donors (Lipinski definition) is 1. The molecule has 1 unspecified atom stereocenters. The molecule has 6 nitrogen and oxygen atoms in total. The number of aromatic nitrogens is 4. The van der Waals surface area contributed by atoms with Crippen molar-refractivity contribution in [2.75, 3.05) is 18.0 Å². The standard InChI is InChI=1S/C8H10N6S/c9-5-1-2-14(4-5)8-10-3-6-7(11-8)15-13-12-6/h3,5H,1-2,4,9H2. The Labute approximate surface area is 90.3 Å². The highest BCUT2D eigenvalue weighted by Crippen LogP contribution is 2.18. The van der Waals surface area contributed by atoms with Crippen LogP contribution in [-0.2, 0) is 0 Å². The molecule has 0 aliphatic carbocycles. The minimum Gasteiger partial charge on any atom is -0.339 e. The topological polar surface area (TPSA) is 80.8 Å². The summed E-state index contributed by atoms with van der Waals surface area (Å²) in [6.45, 7) is 1.76. The first-order chi connectivity index (χ1) is 7.33. The van der Waals surface area contributed by atoms with E-state index >= 15 is 0 Å². The van der Waals surface area contributed by atoms with E-state index in [-0.39, 0.29) is 6.04 Å². The lowest BCUT2D eigenvalue weighted by Gasteiger charge is -2.14. The third kappa shape index (κ3) is 1.53. The molecule has 0 saturated carbocycles. The smallest absolute Gasteiger partial charge is 0.226 e. The summed E-state index contributed by atoms with van der Waals surface area (Å²) in [5, 5.41) is 3.90. The molecule has 78 valence electrons. The molecular formula is C8H10N6S. The predicted octanol–water partition coefficient (Wildman–Crippen LogP) is 0.0187. The molecule has 0 bridgehead atoms. The molecule has 3 heterocycles. The fourth-order valence-electron chi connectivity index (χ4n) is 1.71. The van der Waals surface area contributed by atoms with Gasteiger partial charge in [-0.2, -0.15) is 4.98 Å². The zero-order valence-corrected chi connectivity index (χ0v) is 8.81. The average Bonchev–Trinajstić information content (AvgIpc) is 2.84. The van der Waals surface area contributed by atoms with Gasteiger partial charge in [-0.1, -0.05) is 4.49 Å². The van der Waals surface area contributed by atoms with Gasteiger partial charge in [-0.3, -0.25) is 0 Å². The fourth-order valence-corrected chi connectivity index (χ4v) is 2.23. The van der Waals surface area contributed by atoms with Gasteiger partial charge in [0.15, 0.2) is 4.83 Å². The Morgan fingerprint density at radius 2 is 2.47 bits per heavy atom. The first kappa shape index (κ1) is 8.93. The highest BCUT2D eigenvalue weighted by Gasteiger charge is 2.21. The summed E-state index contributed by atoms with van der Waals surface area (Å²) in [5.41, 5.74) is 6.59. The van der Waals surface area contributed by atoms with Gasteiger partial charge in [0.1, 0.15) is 5.52 Å². The van der Waals surface area contributed by atoms with Crippen LogP contribution < -0.4 is 10.6 Å². The Balaban J connectivity index is 1.97. The van der Waals surface area contributed by atoms with E-state index in [0.717, 1.165) is 35.8 Å². The van der Waals surface area contributed by atoms with Crippen molar-refractivity contribution in [3.63, 3.8) is 0 Å². The van der Waals surface area contributed by atoms with Crippen LogP contribution >= 0.6 is 11.5 Å². The maximum Gasteiger partial charge on any atom is 0.226 e. The monoisotopic (exact) mass is 222 g/mol. The molecule has 1 aliphatic rings. The van der Waals surface area contributed by atoms with Gasteiger partial charge in [0.25, 0.3) is 0 Å². The van der Waals surface area contributed by atoms with Crippen molar-refractivity contribution in [3.8, 4) is 0 Å². The Morgan fingerprint density at radius 1 is 1.53 bits per heavy atom.